The van der Waals surface area contributed by atoms with Crippen LogP contribution >= 0.6 is 0 Å². The molecule has 1 N–H and O–H groups in total. The molecule has 136 valence electrons. The van der Waals surface area contributed by atoms with Crippen molar-refractivity contribution >= 4 is 23.2 Å². The predicted octanol–water partition coefficient (Wildman–Crippen LogP) is 2.43. The van der Waals surface area contributed by atoms with E-state index in [1.54, 1.807) is 18.2 Å². The maximum Gasteiger partial charge on any atom is 0.227 e. The fourth-order valence-electron chi connectivity index (χ4n) is 3.09. The minimum absolute atomic E-state index is 0.106. The molecule has 0 spiro atoms. The molecule has 0 bridgehead atoms. The summed E-state index contributed by atoms with van der Waals surface area (Å²) in [6.07, 6.45) is 0.106. The maximum atomic E-state index is 13.9. The summed E-state index contributed by atoms with van der Waals surface area (Å²) in [5.74, 6) is -1.30. The second-order valence-corrected chi connectivity index (χ2v) is 6.40. The number of halogens is 1. The molecule has 1 unspecified atom stereocenters. The SMILES string of the molecule is CN(CCNC(=O)C1CC(=O)N(c2ccccc2F)C1)c1ccccc1. The smallest absolute Gasteiger partial charge is 0.227 e. The van der Waals surface area contributed by atoms with Crippen molar-refractivity contribution in [3.05, 3.63) is 60.4 Å². The molecule has 1 atom stereocenters. The number of benzene rings is 2. The van der Waals surface area contributed by atoms with Crippen molar-refractivity contribution in [1.82, 2.24) is 5.32 Å². The molecule has 2 aromatic carbocycles. The quantitative estimate of drug-likeness (QED) is 0.866. The van der Waals surface area contributed by atoms with Crippen molar-refractivity contribution in [1.29, 1.82) is 0 Å². The molecule has 1 saturated heterocycles. The van der Waals surface area contributed by atoms with Gasteiger partial charge in [0.2, 0.25) is 11.8 Å². The number of rotatable bonds is 6. The number of carbonyl (C=O) groups is 2. The van der Waals surface area contributed by atoms with Gasteiger partial charge in [-0.3, -0.25) is 9.59 Å². The highest BCUT2D eigenvalue weighted by atomic mass is 19.1. The number of hydrogen-bond acceptors (Lipinski definition) is 3. The van der Waals surface area contributed by atoms with Crippen LogP contribution < -0.4 is 15.1 Å². The Morgan fingerprint density at radius 1 is 1.19 bits per heavy atom. The first kappa shape index (κ1) is 17.9. The molecule has 1 aliphatic heterocycles. The molecule has 2 aromatic rings. The summed E-state index contributed by atoms with van der Waals surface area (Å²) in [6.45, 7) is 1.35. The molecule has 0 saturated carbocycles. The summed E-state index contributed by atoms with van der Waals surface area (Å²) in [7, 11) is 1.96. The molecule has 3 rings (SSSR count). The van der Waals surface area contributed by atoms with Gasteiger partial charge in [0.05, 0.1) is 11.6 Å². The first-order chi connectivity index (χ1) is 12.6. The van der Waals surface area contributed by atoms with Crippen LogP contribution in [0.4, 0.5) is 15.8 Å². The van der Waals surface area contributed by atoms with E-state index in [1.165, 1.54) is 11.0 Å². The molecule has 2 amide bonds. The minimum atomic E-state index is -0.455. The molecule has 1 aliphatic rings. The Hall–Kier alpha value is -2.89. The van der Waals surface area contributed by atoms with Crippen LogP contribution in [0.3, 0.4) is 0 Å². The van der Waals surface area contributed by atoms with Gasteiger partial charge in [-0.2, -0.15) is 0 Å². The van der Waals surface area contributed by atoms with Gasteiger partial charge in [-0.05, 0) is 24.3 Å². The van der Waals surface area contributed by atoms with E-state index in [9.17, 15) is 14.0 Å². The third-order valence-electron chi connectivity index (χ3n) is 4.58. The largest absolute Gasteiger partial charge is 0.373 e. The van der Waals surface area contributed by atoms with Crippen LogP contribution in [0.5, 0.6) is 0 Å². The van der Waals surface area contributed by atoms with E-state index < -0.39 is 11.7 Å². The second-order valence-electron chi connectivity index (χ2n) is 6.40. The fraction of sp³-hybridized carbons (Fsp3) is 0.300. The zero-order valence-corrected chi connectivity index (χ0v) is 14.7. The monoisotopic (exact) mass is 355 g/mol. The van der Waals surface area contributed by atoms with E-state index >= 15 is 0 Å². The molecular weight excluding hydrogens is 333 g/mol. The maximum absolute atomic E-state index is 13.9. The average molecular weight is 355 g/mol. The number of para-hydroxylation sites is 2. The molecule has 5 nitrogen and oxygen atoms in total. The highest BCUT2D eigenvalue weighted by molar-refractivity contribution is 6.00. The van der Waals surface area contributed by atoms with Crippen LogP contribution in [0.1, 0.15) is 6.42 Å². The first-order valence-electron chi connectivity index (χ1n) is 8.65. The molecule has 1 fully saturated rings. The van der Waals surface area contributed by atoms with Gasteiger partial charge >= 0.3 is 0 Å². The van der Waals surface area contributed by atoms with E-state index in [1.807, 2.05) is 42.3 Å². The lowest BCUT2D eigenvalue weighted by molar-refractivity contribution is -0.126. The van der Waals surface area contributed by atoms with Crippen molar-refractivity contribution in [2.75, 3.05) is 36.5 Å². The summed E-state index contributed by atoms with van der Waals surface area (Å²) in [5, 5.41) is 2.88. The van der Waals surface area contributed by atoms with Gasteiger partial charge in [-0.15, -0.1) is 0 Å². The Morgan fingerprint density at radius 2 is 1.88 bits per heavy atom. The summed E-state index contributed by atoms with van der Waals surface area (Å²) in [4.78, 5) is 28.0. The van der Waals surface area contributed by atoms with E-state index in [-0.39, 0.29) is 30.5 Å². The Morgan fingerprint density at radius 3 is 2.62 bits per heavy atom. The van der Waals surface area contributed by atoms with Gasteiger partial charge in [-0.1, -0.05) is 30.3 Å². The van der Waals surface area contributed by atoms with Crippen LogP contribution in [-0.4, -0.2) is 38.5 Å². The predicted molar refractivity (Wildman–Crippen MR) is 99.6 cm³/mol. The number of carbonyl (C=O) groups excluding carboxylic acids is 2. The Labute approximate surface area is 152 Å². The summed E-state index contributed by atoms with van der Waals surface area (Å²) >= 11 is 0. The van der Waals surface area contributed by atoms with Gasteiger partial charge < -0.3 is 15.1 Å². The van der Waals surface area contributed by atoms with Gasteiger partial charge in [0.15, 0.2) is 0 Å². The lowest BCUT2D eigenvalue weighted by Gasteiger charge is -2.20. The molecule has 0 radical (unpaired) electrons. The number of amides is 2. The van der Waals surface area contributed by atoms with Crippen LogP contribution in [0.2, 0.25) is 0 Å². The van der Waals surface area contributed by atoms with Gasteiger partial charge in [0.1, 0.15) is 5.82 Å². The topological polar surface area (TPSA) is 52.7 Å². The van der Waals surface area contributed by atoms with Crippen LogP contribution in [-0.2, 0) is 9.59 Å². The van der Waals surface area contributed by atoms with Crippen LogP contribution in [0.15, 0.2) is 54.6 Å². The zero-order valence-electron chi connectivity index (χ0n) is 14.7. The molecule has 1 heterocycles. The molecule has 26 heavy (non-hydrogen) atoms. The standard InChI is InChI=1S/C20H22FN3O2/c1-23(16-7-3-2-4-8-16)12-11-22-20(26)15-13-19(25)24(14-15)18-10-6-5-9-17(18)21/h2-10,15H,11-14H2,1H3,(H,22,26). The van der Waals surface area contributed by atoms with E-state index in [4.69, 9.17) is 0 Å². The number of hydrogen-bond donors (Lipinski definition) is 1. The van der Waals surface area contributed by atoms with Crippen molar-refractivity contribution in [3.63, 3.8) is 0 Å². The first-order valence-corrected chi connectivity index (χ1v) is 8.65. The highest BCUT2D eigenvalue weighted by Crippen LogP contribution is 2.27. The van der Waals surface area contributed by atoms with E-state index in [2.05, 4.69) is 5.32 Å². The normalized spacial score (nSPS) is 16.6. The lowest BCUT2D eigenvalue weighted by Crippen LogP contribution is -2.37. The van der Waals surface area contributed by atoms with E-state index in [0.717, 1.165) is 5.69 Å². The zero-order chi connectivity index (χ0) is 18.5. The third kappa shape index (κ3) is 4.02. The van der Waals surface area contributed by atoms with Gasteiger partial charge in [0.25, 0.3) is 0 Å². The van der Waals surface area contributed by atoms with Crippen molar-refractivity contribution in [2.24, 2.45) is 5.92 Å². The average Bonchev–Trinajstić information content (AvgIpc) is 3.04. The van der Waals surface area contributed by atoms with E-state index in [0.29, 0.717) is 13.1 Å². The molecule has 6 heteroatoms. The molecule has 0 aromatic heterocycles. The Kier molecular flexibility index (Phi) is 5.51. The molecule has 0 aliphatic carbocycles. The highest BCUT2D eigenvalue weighted by Gasteiger charge is 2.35. The van der Waals surface area contributed by atoms with Crippen molar-refractivity contribution in [2.45, 2.75) is 6.42 Å². The number of nitrogens with zero attached hydrogens (tertiary/aromatic N) is 2. The Balaban J connectivity index is 1.51. The third-order valence-corrected chi connectivity index (χ3v) is 4.58. The minimum Gasteiger partial charge on any atom is -0.373 e. The van der Waals surface area contributed by atoms with Gasteiger partial charge in [0, 0.05) is 38.8 Å². The molecular formula is C20H22FN3O2. The van der Waals surface area contributed by atoms with Crippen molar-refractivity contribution in [3.8, 4) is 0 Å². The summed E-state index contributed by atoms with van der Waals surface area (Å²) < 4.78 is 13.9. The fourth-order valence-corrected chi connectivity index (χ4v) is 3.09. The summed E-state index contributed by atoms with van der Waals surface area (Å²) in [6, 6.07) is 16.0. The number of anilines is 2. The van der Waals surface area contributed by atoms with Crippen molar-refractivity contribution < 1.29 is 14.0 Å². The number of nitrogens with one attached hydrogen (secondary N) is 1. The number of likely N-dealkylation sites (N-methyl/N-ethyl adjacent to an activating group) is 1. The van der Waals surface area contributed by atoms with Crippen LogP contribution in [0.25, 0.3) is 0 Å². The second kappa shape index (κ2) is 7.99. The van der Waals surface area contributed by atoms with Crippen LogP contribution in [0, 0.1) is 11.7 Å². The van der Waals surface area contributed by atoms with Gasteiger partial charge in [-0.25, -0.2) is 4.39 Å². The summed E-state index contributed by atoms with van der Waals surface area (Å²) in [5.41, 5.74) is 1.31. The Bertz CT molecular complexity index is 782. The lowest BCUT2D eigenvalue weighted by atomic mass is 10.1.